The molecule has 1 fully saturated rings. The maximum absolute atomic E-state index is 13.1. The number of hydrogen-bond donors (Lipinski definition) is 1. The number of halogens is 3. The van der Waals surface area contributed by atoms with Gasteiger partial charge in [-0.15, -0.1) is 0 Å². The molecule has 1 aliphatic heterocycles. The van der Waals surface area contributed by atoms with Gasteiger partial charge in [-0.2, -0.15) is 13.2 Å². The highest BCUT2D eigenvalue weighted by molar-refractivity contribution is 5.78. The molecule has 8 heteroatoms. The summed E-state index contributed by atoms with van der Waals surface area (Å²) < 4.78 is 44.8. The van der Waals surface area contributed by atoms with Crippen LogP contribution in [0.2, 0.25) is 0 Å². The van der Waals surface area contributed by atoms with Crippen LogP contribution in [0, 0.1) is 5.92 Å². The average molecular weight is 394 g/mol. The molecule has 150 valence electrons. The summed E-state index contributed by atoms with van der Waals surface area (Å²) >= 11 is 0. The number of pyridine rings is 1. The second kappa shape index (κ2) is 8.60. The Morgan fingerprint density at radius 1 is 1.25 bits per heavy atom. The molecule has 1 aromatic carbocycles. The van der Waals surface area contributed by atoms with Crippen LogP contribution in [-0.4, -0.2) is 40.6 Å². The minimum Gasteiger partial charge on any atom is -0.484 e. The lowest BCUT2D eigenvalue weighted by Gasteiger charge is -2.18. The first kappa shape index (κ1) is 20.1. The molecule has 0 spiro atoms. The molecule has 2 aromatic rings. The maximum atomic E-state index is 13.1. The van der Waals surface area contributed by atoms with E-state index in [9.17, 15) is 18.0 Å². The van der Waals surface area contributed by atoms with Crippen molar-refractivity contribution in [1.82, 2.24) is 9.88 Å². The predicted molar refractivity (Wildman–Crippen MR) is 95.5 cm³/mol. The quantitative estimate of drug-likeness (QED) is 0.818. The fraction of sp³-hybridized carbons (Fsp3) is 0.400. The first-order chi connectivity index (χ1) is 13.4. The predicted octanol–water partition coefficient (Wildman–Crippen LogP) is 3.06. The Hall–Kier alpha value is -2.61. The minimum absolute atomic E-state index is 0.0434. The number of rotatable bonds is 6. The highest BCUT2D eigenvalue weighted by atomic mass is 19.4. The molecule has 0 bridgehead atoms. The van der Waals surface area contributed by atoms with E-state index in [1.54, 1.807) is 29.2 Å². The minimum atomic E-state index is -4.41. The number of amides is 1. The van der Waals surface area contributed by atoms with Crippen molar-refractivity contribution in [3.8, 4) is 5.75 Å². The molecule has 2 heterocycles. The van der Waals surface area contributed by atoms with E-state index < -0.39 is 11.7 Å². The average Bonchev–Trinajstić information content (AvgIpc) is 3.14. The van der Waals surface area contributed by atoms with Crippen LogP contribution in [0.1, 0.15) is 23.1 Å². The van der Waals surface area contributed by atoms with E-state index >= 15 is 0 Å². The lowest BCUT2D eigenvalue weighted by molar-refractivity contribution is -0.138. The summed E-state index contributed by atoms with van der Waals surface area (Å²) in [5, 5.41) is 9.01. The van der Waals surface area contributed by atoms with Crippen LogP contribution in [0.5, 0.6) is 5.75 Å². The second-order valence-electron chi connectivity index (χ2n) is 6.82. The van der Waals surface area contributed by atoms with Gasteiger partial charge in [-0.3, -0.25) is 9.78 Å². The van der Waals surface area contributed by atoms with Gasteiger partial charge in [0.25, 0.3) is 5.91 Å². The molecule has 1 aromatic heterocycles. The van der Waals surface area contributed by atoms with Crippen molar-refractivity contribution in [2.24, 2.45) is 5.92 Å². The molecule has 0 saturated carbocycles. The van der Waals surface area contributed by atoms with Crippen LogP contribution in [-0.2, 0) is 24.0 Å². The van der Waals surface area contributed by atoms with Crippen LogP contribution in [0.25, 0.3) is 0 Å². The van der Waals surface area contributed by atoms with Crippen molar-refractivity contribution >= 4 is 5.91 Å². The number of nitrogens with zero attached hydrogens (tertiary/aromatic N) is 2. The third-order valence-electron chi connectivity index (χ3n) is 4.82. The van der Waals surface area contributed by atoms with E-state index in [1.807, 2.05) is 0 Å². The fourth-order valence-corrected chi connectivity index (χ4v) is 3.33. The molecule has 0 unspecified atom stereocenters. The molecular weight excluding hydrogens is 373 g/mol. The molecule has 1 amide bonds. The molecule has 0 radical (unpaired) electrons. The number of carbonyl (C=O) groups excluding carboxylic acids is 1. The standard InChI is InChI=1S/C20H21F3N2O3/c21-20(22,23)18-5-7-24-10-16(18)9-15-6-8-25(11-15)19(27)13-28-17-3-1-14(12-26)2-4-17/h1-5,7,10,15,26H,6,8-9,11-13H2/t15-/m0/s1. The van der Waals surface area contributed by atoms with Gasteiger partial charge in [0.05, 0.1) is 12.2 Å². The number of alkyl halides is 3. The van der Waals surface area contributed by atoms with Gasteiger partial charge in [0.2, 0.25) is 0 Å². The van der Waals surface area contributed by atoms with E-state index in [4.69, 9.17) is 9.84 Å². The Balaban J connectivity index is 1.53. The third-order valence-corrected chi connectivity index (χ3v) is 4.82. The molecule has 1 aliphatic rings. The molecule has 1 saturated heterocycles. The number of aliphatic hydroxyl groups excluding tert-OH is 1. The Bertz CT molecular complexity index is 809. The first-order valence-electron chi connectivity index (χ1n) is 8.97. The monoisotopic (exact) mass is 394 g/mol. The number of aliphatic hydroxyl groups is 1. The third kappa shape index (κ3) is 5.01. The smallest absolute Gasteiger partial charge is 0.416 e. The highest BCUT2D eigenvalue weighted by Crippen LogP contribution is 2.33. The van der Waals surface area contributed by atoms with E-state index in [-0.39, 0.29) is 37.0 Å². The van der Waals surface area contributed by atoms with Gasteiger partial charge in [-0.25, -0.2) is 0 Å². The number of ether oxygens (including phenoxy) is 1. The molecule has 1 atom stereocenters. The number of likely N-dealkylation sites (tertiary alicyclic amines) is 1. The maximum Gasteiger partial charge on any atom is 0.416 e. The number of carbonyl (C=O) groups is 1. The SMILES string of the molecule is O=C(COc1ccc(CO)cc1)N1CC[C@@H](Cc2cnccc2C(F)(F)F)C1. The van der Waals surface area contributed by atoms with Crippen LogP contribution in [0.4, 0.5) is 13.2 Å². The zero-order valence-electron chi connectivity index (χ0n) is 15.2. The van der Waals surface area contributed by atoms with Crippen molar-refractivity contribution in [3.05, 3.63) is 59.4 Å². The number of aromatic nitrogens is 1. The van der Waals surface area contributed by atoms with Crippen molar-refractivity contribution in [1.29, 1.82) is 0 Å². The molecule has 5 nitrogen and oxygen atoms in total. The van der Waals surface area contributed by atoms with E-state index in [1.165, 1.54) is 6.20 Å². The van der Waals surface area contributed by atoms with E-state index in [2.05, 4.69) is 4.98 Å². The number of benzene rings is 1. The van der Waals surface area contributed by atoms with Crippen molar-refractivity contribution in [2.75, 3.05) is 19.7 Å². The summed E-state index contributed by atoms with van der Waals surface area (Å²) in [6.07, 6.45) is -1.14. The van der Waals surface area contributed by atoms with Crippen LogP contribution >= 0.6 is 0 Å². The molecule has 1 N–H and O–H groups in total. The Morgan fingerprint density at radius 3 is 2.68 bits per heavy atom. The van der Waals surface area contributed by atoms with Crippen LogP contribution in [0.15, 0.2) is 42.7 Å². The largest absolute Gasteiger partial charge is 0.484 e. The highest BCUT2D eigenvalue weighted by Gasteiger charge is 2.35. The van der Waals surface area contributed by atoms with Crippen molar-refractivity contribution < 1.29 is 27.8 Å². The van der Waals surface area contributed by atoms with Gasteiger partial charge in [-0.1, -0.05) is 12.1 Å². The lowest BCUT2D eigenvalue weighted by atomic mass is 9.96. The van der Waals surface area contributed by atoms with Crippen LogP contribution in [0.3, 0.4) is 0 Å². The van der Waals surface area contributed by atoms with Gasteiger partial charge in [0, 0.05) is 25.5 Å². The first-order valence-corrected chi connectivity index (χ1v) is 8.97. The molecular formula is C20H21F3N2O3. The Kier molecular flexibility index (Phi) is 6.18. The zero-order chi connectivity index (χ0) is 20.1. The van der Waals surface area contributed by atoms with Gasteiger partial charge in [0.1, 0.15) is 5.75 Å². The van der Waals surface area contributed by atoms with Gasteiger partial charge in [0.15, 0.2) is 6.61 Å². The van der Waals surface area contributed by atoms with Crippen molar-refractivity contribution in [3.63, 3.8) is 0 Å². The summed E-state index contributed by atoms with van der Waals surface area (Å²) in [7, 11) is 0. The molecule has 0 aliphatic carbocycles. The Labute approximate surface area is 160 Å². The second-order valence-corrected chi connectivity index (χ2v) is 6.82. The topological polar surface area (TPSA) is 62.7 Å². The summed E-state index contributed by atoms with van der Waals surface area (Å²) in [6, 6.07) is 7.75. The normalized spacial score (nSPS) is 17.0. The van der Waals surface area contributed by atoms with Crippen LogP contribution < -0.4 is 4.74 Å². The summed E-state index contributed by atoms with van der Waals surface area (Å²) in [5.41, 5.74) is 0.242. The van der Waals surface area contributed by atoms with Crippen molar-refractivity contribution in [2.45, 2.75) is 25.6 Å². The molecule has 3 rings (SSSR count). The zero-order valence-corrected chi connectivity index (χ0v) is 15.2. The van der Waals surface area contributed by atoms with E-state index in [0.717, 1.165) is 17.8 Å². The Morgan fingerprint density at radius 2 is 2.00 bits per heavy atom. The van der Waals surface area contributed by atoms with Gasteiger partial charge >= 0.3 is 6.18 Å². The summed E-state index contributed by atoms with van der Waals surface area (Å²) in [5.74, 6) is 0.278. The summed E-state index contributed by atoms with van der Waals surface area (Å²) in [4.78, 5) is 17.8. The molecule has 28 heavy (non-hydrogen) atoms. The van der Waals surface area contributed by atoms with Gasteiger partial charge < -0.3 is 14.7 Å². The van der Waals surface area contributed by atoms with Gasteiger partial charge in [-0.05, 0) is 48.1 Å². The fourth-order valence-electron chi connectivity index (χ4n) is 3.33. The summed E-state index contributed by atoms with van der Waals surface area (Å²) in [6.45, 7) is 0.697. The lowest BCUT2D eigenvalue weighted by Crippen LogP contribution is -2.33. The number of hydrogen-bond acceptors (Lipinski definition) is 4. The van der Waals surface area contributed by atoms with E-state index in [0.29, 0.717) is 25.3 Å².